The van der Waals surface area contributed by atoms with Gasteiger partial charge in [0.25, 0.3) is 5.91 Å². The van der Waals surface area contributed by atoms with Crippen molar-refractivity contribution in [3.63, 3.8) is 0 Å². The second-order valence-corrected chi connectivity index (χ2v) is 5.95. The summed E-state index contributed by atoms with van der Waals surface area (Å²) in [5.41, 5.74) is 0.942. The van der Waals surface area contributed by atoms with Gasteiger partial charge in [-0.3, -0.25) is 14.6 Å². The summed E-state index contributed by atoms with van der Waals surface area (Å²) in [6.45, 7) is 2.26. The molecule has 0 radical (unpaired) electrons. The Labute approximate surface area is 134 Å². The van der Waals surface area contributed by atoms with Crippen molar-refractivity contribution in [1.29, 1.82) is 0 Å². The Hall–Kier alpha value is -2.21. The fraction of sp³-hybridized carbons (Fsp3) is 0.312. The van der Waals surface area contributed by atoms with Crippen LogP contribution in [0.2, 0.25) is 0 Å². The van der Waals surface area contributed by atoms with Crippen LogP contribution in [-0.2, 0) is 11.2 Å². The van der Waals surface area contributed by atoms with Gasteiger partial charge in [-0.1, -0.05) is 12.1 Å². The van der Waals surface area contributed by atoms with Crippen LogP contribution in [0.15, 0.2) is 41.9 Å². The average molecular weight is 317 g/mol. The molecular formula is C16H19N3O2S. The van der Waals surface area contributed by atoms with Crippen molar-refractivity contribution in [3.05, 3.63) is 52.5 Å². The number of amides is 2. The Morgan fingerprint density at radius 3 is 2.77 bits per heavy atom. The predicted octanol–water partition coefficient (Wildman–Crippen LogP) is 1.96. The van der Waals surface area contributed by atoms with Crippen molar-refractivity contribution in [2.24, 2.45) is 0 Å². The summed E-state index contributed by atoms with van der Waals surface area (Å²) in [6.07, 6.45) is 2.43. The zero-order valence-electron chi connectivity index (χ0n) is 12.7. The monoisotopic (exact) mass is 317 g/mol. The summed E-state index contributed by atoms with van der Waals surface area (Å²) in [4.78, 5) is 30.7. The maximum absolute atomic E-state index is 12.3. The number of aromatic nitrogens is 1. The number of rotatable bonds is 6. The van der Waals surface area contributed by atoms with E-state index in [0.717, 1.165) is 5.69 Å². The third-order valence-electron chi connectivity index (χ3n) is 3.27. The number of carbonyl (C=O) groups excluding carboxylic acids is 2. The number of thiophene rings is 1. The highest BCUT2D eigenvalue weighted by molar-refractivity contribution is 7.12. The van der Waals surface area contributed by atoms with Crippen LogP contribution >= 0.6 is 11.3 Å². The highest BCUT2D eigenvalue weighted by Crippen LogP contribution is 2.08. The summed E-state index contributed by atoms with van der Waals surface area (Å²) in [5, 5.41) is 4.56. The van der Waals surface area contributed by atoms with Crippen molar-refractivity contribution in [3.8, 4) is 0 Å². The lowest BCUT2D eigenvalue weighted by molar-refractivity contribution is -0.131. The van der Waals surface area contributed by atoms with Crippen LogP contribution in [0, 0.1) is 0 Å². The zero-order chi connectivity index (χ0) is 15.9. The fourth-order valence-corrected chi connectivity index (χ4v) is 2.63. The first-order chi connectivity index (χ1) is 10.6. The van der Waals surface area contributed by atoms with Crippen molar-refractivity contribution in [2.45, 2.75) is 19.4 Å². The maximum atomic E-state index is 12.3. The van der Waals surface area contributed by atoms with Gasteiger partial charge in [0.2, 0.25) is 5.91 Å². The van der Waals surface area contributed by atoms with Gasteiger partial charge in [0.1, 0.15) is 6.04 Å². The standard InChI is InChI=1S/C16H19N3O2S/c1-12(18-15(20)14-7-5-11-22-14)16(21)19(2)10-8-13-6-3-4-9-17-13/h3-7,9,11-12H,8,10H2,1-2H3,(H,18,20). The Morgan fingerprint density at radius 2 is 2.14 bits per heavy atom. The molecule has 1 N–H and O–H groups in total. The topological polar surface area (TPSA) is 62.3 Å². The lowest BCUT2D eigenvalue weighted by Gasteiger charge is -2.21. The van der Waals surface area contributed by atoms with Crippen LogP contribution in [-0.4, -0.2) is 41.3 Å². The van der Waals surface area contributed by atoms with Crippen LogP contribution in [0.5, 0.6) is 0 Å². The normalized spacial score (nSPS) is 11.7. The first kappa shape index (κ1) is 16.2. The second kappa shape index (κ2) is 7.70. The van der Waals surface area contributed by atoms with Crippen LogP contribution in [0.4, 0.5) is 0 Å². The summed E-state index contributed by atoms with van der Waals surface area (Å²) in [7, 11) is 1.74. The summed E-state index contributed by atoms with van der Waals surface area (Å²) in [5.74, 6) is -0.324. The largest absolute Gasteiger partial charge is 0.344 e. The van der Waals surface area contributed by atoms with E-state index in [1.54, 1.807) is 31.1 Å². The first-order valence-corrected chi connectivity index (χ1v) is 7.95. The third kappa shape index (κ3) is 4.39. The van der Waals surface area contributed by atoms with Gasteiger partial charge in [0.05, 0.1) is 4.88 Å². The molecule has 0 bridgehead atoms. The third-order valence-corrected chi connectivity index (χ3v) is 4.14. The molecule has 0 aliphatic heterocycles. The van der Waals surface area contributed by atoms with Crippen LogP contribution < -0.4 is 5.32 Å². The fourth-order valence-electron chi connectivity index (χ4n) is 2.01. The van der Waals surface area contributed by atoms with Gasteiger partial charge in [-0.15, -0.1) is 11.3 Å². The van der Waals surface area contributed by atoms with E-state index in [2.05, 4.69) is 10.3 Å². The Balaban J connectivity index is 1.83. The highest BCUT2D eigenvalue weighted by Gasteiger charge is 2.20. The molecule has 2 aromatic rings. The average Bonchev–Trinajstić information content (AvgIpc) is 3.07. The number of pyridine rings is 1. The van der Waals surface area contributed by atoms with E-state index in [1.807, 2.05) is 29.6 Å². The Kier molecular flexibility index (Phi) is 5.66. The summed E-state index contributed by atoms with van der Waals surface area (Å²) < 4.78 is 0. The lowest BCUT2D eigenvalue weighted by Crippen LogP contribution is -2.45. The number of nitrogens with zero attached hydrogens (tertiary/aromatic N) is 2. The number of hydrogen-bond acceptors (Lipinski definition) is 4. The van der Waals surface area contributed by atoms with Crippen LogP contribution in [0.1, 0.15) is 22.3 Å². The van der Waals surface area contributed by atoms with Gasteiger partial charge in [-0.05, 0) is 30.5 Å². The molecule has 5 nitrogen and oxygen atoms in total. The van der Waals surface area contributed by atoms with Gasteiger partial charge in [-0.25, -0.2) is 0 Å². The van der Waals surface area contributed by atoms with Crippen molar-refractivity contribution in [2.75, 3.05) is 13.6 Å². The molecule has 0 aromatic carbocycles. The highest BCUT2D eigenvalue weighted by atomic mass is 32.1. The molecule has 1 atom stereocenters. The molecule has 0 aliphatic carbocycles. The molecule has 2 rings (SSSR count). The minimum Gasteiger partial charge on any atom is -0.344 e. The van der Waals surface area contributed by atoms with Gasteiger partial charge >= 0.3 is 0 Å². The molecule has 2 amide bonds. The van der Waals surface area contributed by atoms with E-state index in [-0.39, 0.29) is 11.8 Å². The quantitative estimate of drug-likeness (QED) is 0.886. The van der Waals surface area contributed by atoms with Gasteiger partial charge in [0, 0.05) is 31.9 Å². The van der Waals surface area contributed by atoms with E-state index in [0.29, 0.717) is 17.8 Å². The lowest BCUT2D eigenvalue weighted by atomic mass is 10.2. The van der Waals surface area contributed by atoms with Crippen molar-refractivity contribution >= 4 is 23.2 Å². The molecule has 2 heterocycles. The summed E-state index contributed by atoms with van der Waals surface area (Å²) in [6, 6.07) is 8.71. The van der Waals surface area contributed by atoms with E-state index >= 15 is 0 Å². The predicted molar refractivity (Wildman–Crippen MR) is 86.8 cm³/mol. The number of nitrogens with one attached hydrogen (secondary N) is 1. The van der Waals surface area contributed by atoms with E-state index < -0.39 is 6.04 Å². The minimum absolute atomic E-state index is 0.110. The van der Waals surface area contributed by atoms with E-state index in [9.17, 15) is 9.59 Å². The maximum Gasteiger partial charge on any atom is 0.261 e. The molecule has 1 unspecified atom stereocenters. The molecule has 0 spiro atoms. The molecule has 2 aromatic heterocycles. The first-order valence-electron chi connectivity index (χ1n) is 7.07. The minimum atomic E-state index is -0.552. The Bertz CT molecular complexity index is 614. The molecule has 0 fully saturated rings. The van der Waals surface area contributed by atoms with E-state index in [4.69, 9.17) is 0 Å². The van der Waals surface area contributed by atoms with Crippen molar-refractivity contribution in [1.82, 2.24) is 15.2 Å². The molecule has 22 heavy (non-hydrogen) atoms. The molecule has 0 saturated heterocycles. The van der Waals surface area contributed by atoms with Crippen molar-refractivity contribution < 1.29 is 9.59 Å². The smallest absolute Gasteiger partial charge is 0.261 e. The number of carbonyl (C=O) groups is 2. The zero-order valence-corrected chi connectivity index (χ0v) is 13.5. The SMILES string of the molecule is CC(NC(=O)c1cccs1)C(=O)N(C)CCc1ccccn1. The Morgan fingerprint density at radius 1 is 1.32 bits per heavy atom. The molecule has 116 valence electrons. The van der Waals surface area contributed by atoms with Gasteiger partial charge < -0.3 is 10.2 Å². The van der Waals surface area contributed by atoms with Crippen LogP contribution in [0.3, 0.4) is 0 Å². The second-order valence-electron chi connectivity index (χ2n) is 5.00. The summed E-state index contributed by atoms with van der Waals surface area (Å²) >= 11 is 1.36. The number of hydrogen-bond donors (Lipinski definition) is 1. The van der Waals surface area contributed by atoms with Gasteiger partial charge in [-0.2, -0.15) is 0 Å². The molecule has 6 heteroatoms. The van der Waals surface area contributed by atoms with Crippen LogP contribution in [0.25, 0.3) is 0 Å². The molecular weight excluding hydrogens is 298 g/mol. The van der Waals surface area contributed by atoms with E-state index in [1.165, 1.54) is 11.3 Å². The molecule has 0 saturated carbocycles. The number of likely N-dealkylation sites (N-methyl/N-ethyl adjacent to an activating group) is 1. The van der Waals surface area contributed by atoms with Gasteiger partial charge in [0.15, 0.2) is 0 Å². The molecule has 0 aliphatic rings.